The number of nitrogens with one attached hydrogen (secondary N) is 1. The second-order valence-electron chi connectivity index (χ2n) is 4.74. The van der Waals surface area contributed by atoms with Crippen molar-refractivity contribution >= 4 is 17.4 Å². The van der Waals surface area contributed by atoms with Gasteiger partial charge in [0.2, 0.25) is 0 Å². The van der Waals surface area contributed by atoms with E-state index < -0.39 is 0 Å². The van der Waals surface area contributed by atoms with Gasteiger partial charge in [0.1, 0.15) is 11.0 Å². The molecular formula is C13H16ClN3O. The molecule has 2 unspecified atom stereocenters. The Balaban J connectivity index is 1.93. The van der Waals surface area contributed by atoms with Crippen LogP contribution in [-0.4, -0.2) is 22.7 Å². The first-order valence-corrected chi connectivity index (χ1v) is 6.55. The van der Waals surface area contributed by atoms with Gasteiger partial charge in [-0.05, 0) is 37.3 Å². The van der Waals surface area contributed by atoms with Crippen LogP contribution >= 0.6 is 11.6 Å². The van der Waals surface area contributed by atoms with E-state index in [1.165, 1.54) is 6.07 Å². The van der Waals surface area contributed by atoms with Gasteiger partial charge in [-0.3, -0.25) is 0 Å². The van der Waals surface area contributed by atoms with Crippen molar-refractivity contribution in [3.05, 3.63) is 22.8 Å². The maximum absolute atomic E-state index is 9.60. The molecule has 0 amide bonds. The van der Waals surface area contributed by atoms with Crippen molar-refractivity contribution in [2.45, 2.75) is 31.8 Å². The van der Waals surface area contributed by atoms with Crippen LogP contribution in [-0.2, 0) is 0 Å². The molecular weight excluding hydrogens is 250 g/mol. The van der Waals surface area contributed by atoms with E-state index in [9.17, 15) is 5.11 Å². The molecule has 2 N–H and O–H groups in total. The maximum atomic E-state index is 9.60. The highest BCUT2D eigenvalue weighted by Gasteiger charge is 2.19. The van der Waals surface area contributed by atoms with Gasteiger partial charge in [0.05, 0.1) is 17.7 Å². The Kier molecular flexibility index (Phi) is 4.40. The first-order valence-electron chi connectivity index (χ1n) is 6.17. The summed E-state index contributed by atoms with van der Waals surface area (Å²) in [5, 5.41) is 21.9. The van der Waals surface area contributed by atoms with E-state index in [-0.39, 0.29) is 6.10 Å². The molecule has 18 heavy (non-hydrogen) atoms. The Bertz CT molecular complexity index is 458. The Morgan fingerprint density at radius 3 is 3.06 bits per heavy atom. The summed E-state index contributed by atoms with van der Waals surface area (Å²) in [5.41, 5.74) is 0.501. The van der Waals surface area contributed by atoms with Crippen LogP contribution in [0.15, 0.2) is 12.1 Å². The summed E-state index contributed by atoms with van der Waals surface area (Å²) < 4.78 is 0. The van der Waals surface area contributed by atoms with Crippen molar-refractivity contribution in [3.8, 4) is 6.07 Å². The highest BCUT2D eigenvalue weighted by molar-refractivity contribution is 6.29. The molecule has 0 aliphatic heterocycles. The zero-order valence-electron chi connectivity index (χ0n) is 10.1. The molecule has 4 nitrogen and oxygen atoms in total. The molecule has 0 spiro atoms. The lowest BCUT2D eigenvalue weighted by molar-refractivity contribution is 0.104. The third-order valence-electron chi connectivity index (χ3n) is 3.25. The molecule has 0 saturated heterocycles. The number of halogens is 1. The van der Waals surface area contributed by atoms with Crippen LogP contribution < -0.4 is 5.32 Å². The quantitative estimate of drug-likeness (QED) is 0.824. The van der Waals surface area contributed by atoms with Crippen LogP contribution in [0.25, 0.3) is 0 Å². The number of hydrogen-bond acceptors (Lipinski definition) is 4. The number of rotatable bonds is 3. The van der Waals surface area contributed by atoms with Gasteiger partial charge in [0, 0.05) is 6.54 Å². The first-order chi connectivity index (χ1) is 8.67. The second kappa shape index (κ2) is 6.03. The molecule has 1 aliphatic rings. The molecule has 1 aromatic heterocycles. The van der Waals surface area contributed by atoms with Crippen LogP contribution in [0.5, 0.6) is 0 Å². The number of aromatic nitrogens is 1. The Hall–Kier alpha value is -1.31. The minimum Gasteiger partial charge on any atom is -0.393 e. The normalized spacial score (nSPS) is 23.4. The van der Waals surface area contributed by atoms with Crippen molar-refractivity contribution < 1.29 is 5.11 Å². The van der Waals surface area contributed by atoms with Gasteiger partial charge in [-0.15, -0.1) is 0 Å². The minimum absolute atomic E-state index is 0.174. The van der Waals surface area contributed by atoms with Gasteiger partial charge in [0.15, 0.2) is 0 Å². The summed E-state index contributed by atoms with van der Waals surface area (Å²) in [6, 6.07) is 5.27. The second-order valence-corrected chi connectivity index (χ2v) is 5.13. The fraction of sp³-hybridized carbons (Fsp3) is 0.538. The summed E-state index contributed by atoms with van der Waals surface area (Å²) >= 11 is 5.83. The monoisotopic (exact) mass is 265 g/mol. The largest absolute Gasteiger partial charge is 0.393 e. The molecule has 1 fully saturated rings. The summed E-state index contributed by atoms with van der Waals surface area (Å²) in [6.45, 7) is 0.759. The number of anilines is 1. The molecule has 1 saturated carbocycles. The Labute approximate surface area is 112 Å². The zero-order chi connectivity index (χ0) is 13.0. The van der Waals surface area contributed by atoms with Crippen molar-refractivity contribution in [1.29, 1.82) is 5.26 Å². The molecule has 5 heteroatoms. The molecule has 0 bridgehead atoms. The van der Waals surface area contributed by atoms with Gasteiger partial charge < -0.3 is 10.4 Å². The van der Waals surface area contributed by atoms with Crippen LogP contribution in [0.2, 0.25) is 5.15 Å². The van der Waals surface area contributed by atoms with Crippen LogP contribution in [0.1, 0.15) is 31.2 Å². The van der Waals surface area contributed by atoms with E-state index in [1.54, 1.807) is 6.07 Å². The smallest absolute Gasteiger partial charge is 0.132 e. The molecule has 1 heterocycles. The summed E-state index contributed by atoms with van der Waals surface area (Å²) in [7, 11) is 0. The van der Waals surface area contributed by atoms with Crippen LogP contribution in [0.3, 0.4) is 0 Å². The number of nitrogens with zero attached hydrogens (tertiary/aromatic N) is 2. The van der Waals surface area contributed by atoms with E-state index in [0.29, 0.717) is 22.5 Å². The topological polar surface area (TPSA) is 68.9 Å². The number of aliphatic hydroxyl groups excluding tert-OH is 1. The average Bonchev–Trinajstić information content (AvgIpc) is 2.36. The molecule has 2 rings (SSSR count). The van der Waals surface area contributed by atoms with E-state index in [4.69, 9.17) is 16.9 Å². The van der Waals surface area contributed by atoms with Crippen molar-refractivity contribution in [2.75, 3.05) is 11.9 Å². The van der Waals surface area contributed by atoms with Crippen LogP contribution in [0.4, 0.5) is 5.82 Å². The number of aliphatic hydroxyl groups is 1. The average molecular weight is 266 g/mol. The number of hydrogen-bond donors (Lipinski definition) is 2. The standard InChI is InChI=1S/C13H16ClN3O/c14-12-5-10(7-15)6-13(17-12)16-8-9-2-1-3-11(18)4-9/h5-6,9,11,18H,1-4,8H2,(H,16,17). The van der Waals surface area contributed by atoms with Crippen LogP contribution in [0, 0.1) is 17.2 Å². The minimum atomic E-state index is -0.174. The predicted octanol–water partition coefficient (Wildman–Crippen LogP) is 2.57. The zero-order valence-corrected chi connectivity index (χ0v) is 10.8. The van der Waals surface area contributed by atoms with Crippen molar-refractivity contribution in [3.63, 3.8) is 0 Å². The van der Waals surface area contributed by atoms with E-state index in [2.05, 4.69) is 10.3 Å². The van der Waals surface area contributed by atoms with Crippen molar-refractivity contribution in [1.82, 2.24) is 4.98 Å². The Morgan fingerprint density at radius 1 is 1.50 bits per heavy atom. The number of nitriles is 1. The molecule has 0 radical (unpaired) electrons. The summed E-state index contributed by atoms with van der Waals surface area (Å²) in [5.74, 6) is 1.08. The lowest BCUT2D eigenvalue weighted by atomic mass is 9.87. The van der Waals surface area contributed by atoms with Gasteiger partial charge in [0.25, 0.3) is 0 Å². The lowest BCUT2D eigenvalue weighted by Crippen LogP contribution is -2.25. The first kappa shape index (κ1) is 13.1. The van der Waals surface area contributed by atoms with Crippen molar-refractivity contribution in [2.24, 2.45) is 5.92 Å². The number of pyridine rings is 1. The predicted molar refractivity (Wildman–Crippen MR) is 70.4 cm³/mol. The SMILES string of the molecule is N#Cc1cc(Cl)nc(NCC2CCCC(O)C2)c1. The van der Waals surface area contributed by atoms with Gasteiger partial charge in [-0.2, -0.15) is 5.26 Å². The maximum Gasteiger partial charge on any atom is 0.132 e. The van der Waals surface area contributed by atoms with E-state index in [0.717, 1.165) is 32.2 Å². The fourth-order valence-electron chi connectivity index (χ4n) is 2.35. The third kappa shape index (κ3) is 3.59. The molecule has 0 aromatic carbocycles. The van der Waals surface area contributed by atoms with Gasteiger partial charge >= 0.3 is 0 Å². The summed E-state index contributed by atoms with van der Waals surface area (Å²) in [6.07, 6.45) is 3.76. The molecule has 1 aliphatic carbocycles. The highest BCUT2D eigenvalue weighted by Crippen LogP contribution is 2.24. The summed E-state index contributed by atoms with van der Waals surface area (Å²) in [4.78, 5) is 4.13. The third-order valence-corrected chi connectivity index (χ3v) is 3.44. The van der Waals surface area contributed by atoms with Gasteiger partial charge in [-0.1, -0.05) is 18.0 Å². The fourth-order valence-corrected chi connectivity index (χ4v) is 2.56. The Morgan fingerprint density at radius 2 is 2.33 bits per heavy atom. The van der Waals surface area contributed by atoms with E-state index >= 15 is 0 Å². The van der Waals surface area contributed by atoms with E-state index in [1.807, 2.05) is 6.07 Å². The molecule has 1 aromatic rings. The highest BCUT2D eigenvalue weighted by atomic mass is 35.5. The molecule has 2 atom stereocenters. The molecule has 96 valence electrons. The van der Waals surface area contributed by atoms with Gasteiger partial charge in [-0.25, -0.2) is 4.98 Å². The lowest BCUT2D eigenvalue weighted by Gasteiger charge is -2.26.